The number of halogens is 2. The lowest BCUT2D eigenvalue weighted by Gasteiger charge is -2.01. The third-order valence-electron chi connectivity index (χ3n) is 3.69. The summed E-state index contributed by atoms with van der Waals surface area (Å²) >= 11 is 3.81. The van der Waals surface area contributed by atoms with E-state index >= 15 is 0 Å². The van der Waals surface area contributed by atoms with E-state index in [1.807, 2.05) is 0 Å². The number of rotatable bonds is 7. The van der Waals surface area contributed by atoms with Gasteiger partial charge < -0.3 is 10.6 Å². The van der Waals surface area contributed by atoms with E-state index < -0.39 is 0 Å². The molecule has 0 fully saturated rings. The summed E-state index contributed by atoms with van der Waals surface area (Å²) in [6.45, 7) is 0.498. The van der Waals surface area contributed by atoms with Crippen molar-refractivity contribution in [1.82, 2.24) is 15.2 Å². The number of benzene rings is 2. The number of fused-ring (bicyclic) bond motifs is 1. The Morgan fingerprint density at radius 1 is 1.00 bits per heavy atom. The molecule has 0 aliphatic carbocycles. The molecule has 2 aromatic heterocycles. The first-order valence-electron chi connectivity index (χ1n) is 8.36. The van der Waals surface area contributed by atoms with Crippen LogP contribution in [0.15, 0.2) is 46.8 Å². The van der Waals surface area contributed by atoms with Gasteiger partial charge in [-0.15, -0.1) is 10.2 Å². The Morgan fingerprint density at radius 2 is 1.79 bits per heavy atom. The van der Waals surface area contributed by atoms with Crippen molar-refractivity contribution in [3.8, 4) is 0 Å². The molecule has 0 unspecified atom stereocenters. The average molecular weight is 450 g/mol. The number of carbonyl (C=O) groups is 1. The van der Waals surface area contributed by atoms with Crippen LogP contribution < -0.4 is 10.6 Å². The lowest BCUT2D eigenvalue weighted by Crippen LogP contribution is -2.13. The maximum atomic E-state index is 13.2. The van der Waals surface area contributed by atoms with Gasteiger partial charge in [-0.2, -0.15) is 0 Å². The van der Waals surface area contributed by atoms with Gasteiger partial charge in [0.2, 0.25) is 11.0 Å². The predicted octanol–water partition coefficient (Wildman–Crippen LogP) is 4.77. The van der Waals surface area contributed by atoms with E-state index in [2.05, 4.69) is 25.8 Å². The molecule has 1 amide bonds. The van der Waals surface area contributed by atoms with Crippen LogP contribution in [0.5, 0.6) is 0 Å². The number of hydrogen-bond acceptors (Lipinski definition) is 8. The molecule has 29 heavy (non-hydrogen) atoms. The summed E-state index contributed by atoms with van der Waals surface area (Å²) in [6.07, 6.45) is 0. The molecule has 0 bridgehead atoms. The van der Waals surface area contributed by atoms with Crippen molar-refractivity contribution >= 4 is 60.8 Å². The molecule has 0 saturated heterocycles. The fraction of sp³-hybridized carbons (Fsp3) is 0.111. The standard InChI is InChI=1S/C18H13F2N5OS3/c19-11-3-1-10(2-4-11)8-21-16-24-25-18(29-16)27-9-15(26)23-17-22-13-6-5-12(20)7-14(13)28-17/h1-7H,8-9H2,(H,21,24)(H,22,23,26). The molecule has 0 spiro atoms. The van der Waals surface area contributed by atoms with Crippen molar-refractivity contribution in [2.75, 3.05) is 16.4 Å². The Hall–Kier alpha value is -2.63. The van der Waals surface area contributed by atoms with E-state index in [0.29, 0.717) is 31.4 Å². The van der Waals surface area contributed by atoms with E-state index in [9.17, 15) is 13.6 Å². The Bertz CT molecular complexity index is 1150. The van der Waals surface area contributed by atoms with Crippen LogP contribution in [0.4, 0.5) is 19.0 Å². The minimum Gasteiger partial charge on any atom is -0.356 e. The van der Waals surface area contributed by atoms with Crippen molar-refractivity contribution in [2.24, 2.45) is 0 Å². The second-order valence-electron chi connectivity index (χ2n) is 5.82. The molecular weight excluding hydrogens is 436 g/mol. The molecule has 0 atom stereocenters. The van der Waals surface area contributed by atoms with Crippen LogP contribution in [-0.4, -0.2) is 26.8 Å². The Morgan fingerprint density at radius 3 is 2.62 bits per heavy atom. The van der Waals surface area contributed by atoms with Crippen LogP contribution in [0.25, 0.3) is 10.2 Å². The second kappa shape index (κ2) is 8.80. The van der Waals surface area contributed by atoms with Crippen molar-refractivity contribution in [1.29, 1.82) is 0 Å². The molecule has 0 aliphatic heterocycles. The monoisotopic (exact) mass is 449 g/mol. The fourth-order valence-electron chi connectivity index (χ4n) is 2.35. The number of aromatic nitrogens is 3. The molecule has 4 aromatic rings. The van der Waals surface area contributed by atoms with E-state index in [0.717, 1.165) is 5.56 Å². The van der Waals surface area contributed by atoms with Crippen molar-refractivity contribution < 1.29 is 13.6 Å². The highest BCUT2D eigenvalue weighted by Crippen LogP contribution is 2.28. The molecule has 11 heteroatoms. The maximum Gasteiger partial charge on any atom is 0.236 e. The number of thioether (sulfide) groups is 1. The Balaban J connectivity index is 1.27. The van der Waals surface area contributed by atoms with Gasteiger partial charge in [-0.1, -0.05) is 46.6 Å². The van der Waals surface area contributed by atoms with E-state index in [4.69, 9.17) is 0 Å². The second-order valence-corrected chi connectivity index (χ2v) is 9.05. The van der Waals surface area contributed by atoms with Gasteiger partial charge in [0.15, 0.2) is 9.47 Å². The minimum atomic E-state index is -0.338. The van der Waals surface area contributed by atoms with Gasteiger partial charge in [0.25, 0.3) is 0 Å². The number of hydrogen-bond donors (Lipinski definition) is 2. The Labute approximate surface area is 176 Å². The van der Waals surface area contributed by atoms with Crippen molar-refractivity contribution in [3.63, 3.8) is 0 Å². The predicted molar refractivity (Wildman–Crippen MR) is 113 cm³/mol. The molecule has 0 aliphatic rings. The maximum absolute atomic E-state index is 13.2. The van der Waals surface area contributed by atoms with Crippen molar-refractivity contribution in [3.05, 3.63) is 59.7 Å². The third-order valence-corrected chi connectivity index (χ3v) is 6.63. The van der Waals surface area contributed by atoms with Gasteiger partial charge in [0.1, 0.15) is 11.6 Å². The zero-order valence-corrected chi connectivity index (χ0v) is 17.1. The number of nitrogens with one attached hydrogen (secondary N) is 2. The average Bonchev–Trinajstić information content (AvgIpc) is 3.32. The summed E-state index contributed by atoms with van der Waals surface area (Å²) < 4.78 is 27.5. The smallest absolute Gasteiger partial charge is 0.236 e. The van der Waals surface area contributed by atoms with E-state index in [-0.39, 0.29) is 23.3 Å². The Kier molecular flexibility index (Phi) is 5.97. The van der Waals surface area contributed by atoms with Gasteiger partial charge in [0, 0.05) is 6.54 Å². The number of carbonyl (C=O) groups excluding carboxylic acids is 1. The van der Waals surface area contributed by atoms with Crippen LogP contribution >= 0.6 is 34.4 Å². The first kappa shape index (κ1) is 19.7. The van der Waals surface area contributed by atoms with Gasteiger partial charge in [-0.05, 0) is 35.9 Å². The summed E-state index contributed by atoms with van der Waals surface area (Å²) in [5, 5.41) is 14.9. The molecule has 2 aromatic carbocycles. The highest BCUT2D eigenvalue weighted by molar-refractivity contribution is 8.01. The summed E-state index contributed by atoms with van der Waals surface area (Å²) in [7, 11) is 0. The van der Waals surface area contributed by atoms with Gasteiger partial charge in [0.05, 0.1) is 16.0 Å². The van der Waals surface area contributed by atoms with Crippen LogP contribution in [0, 0.1) is 11.6 Å². The first-order chi connectivity index (χ1) is 14.0. The molecule has 2 heterocycles. The lowest BCUT2D eigenvalue weighted by atomic mass is 10.2. The molecular formula is C18H13F2N5OS3. The zero-order chi connectivity index (χ0) is 20.2. The van der Waals surface area contributed by atoms with Crippen LogP contribution in [0.1, 0.15) is 5.56 Å². The number of anilines is 2. The van der Waals surface area contributed by atoms with Crippen molar-refractivity contribution in [2.45, 2.75) is 10.9 Å². The summed E-state index contributed by atoms with van der Waals surface area (Å²) in [5.41, 5.74) is 1.56. The molecule has 2 N–H and O–H groups in total. The number of nitrogens with zero attached hydrogens (tertiary/aromatic N) is 3. The molecule has 0 saturated carbocycles. The minimum absolute atomic E-state index is 0.150. The first-order valence-corrected chi connectivity index (χ1v) is 11.0. The third kappa shape index (κ3) is 5.25. The highest BCUT2D eigenvalue weighted by Gasteiger charge is 2.11. The largest absolute Gasteiger partial charge is 0.356 e. The van der Waals surface area contributed by atoms with Gasteiger partial charge >= 0.3 is 0 Å². The number of amides is 1. The highest BCUT2D eigenvalue weighted by atomic mass is 32.2. The molecule has 6 nitrogen and oxygen atoms in total. The van der Waals surface area contributed by atoms with Crippen LogP contribution in [-0.2, 0) is 11.3 Å². The summed E-state index contributed by atoms with van der Waals surface area (Å²) in [6, 6.07) is 10.5. The molecule has 4 rings (SSSR count). The quantitative estimate of drug-likeness (QED) is 0.396. The van der Waals surface area contributed by atoms with Gasteiger partial charge in [-0.25, -0.2) is 13.8 Å². The molecule has 0 radical (unpaired) electrons. The summed E-state index contributed by atoms with van der Waals surface area (Å²) in [4.78, 5) is 16.4. The normalized spacial score (nSPS) is 11.0. The van der Waals surface area contributed by atoms with Gasteiger partial charge in [-0.3, -0.25) is 4.79 Å². The van der Waals surface area contributed by atoms with Crippen LogP contribution in [0.2, 0.25) is 0 Å². The topological polar surface area (TPSA) is 79.8 Å². The van der Waals surface area contributed by atoms with E-state index in [1.165, 1.54) is 58.7 Å². The molecule has 148 valence electrons. The van der Waals surface area contributed by atoms with Crippen LogP contribution in [0.3, 0.4) is 0 Å². The zero-order valence-electron chi connectivity index (χ0n) is 14.7. The number of thiazole rings is 1. The SMILES string of the molecule is O=C(CSc1nnc(NCc2ccc(F)cc2)s1)Nc1nc2ccc(F)cc2s1. The summed E-state index contributed by atoms with van der Waals surface area (Å²) in [5.74, 6) is -0.698. The fourth-order valence-corrected chi connectivity index (χ4v) is 4.81. The van der Waals surface area contributed by atoms with E-state index in [1.54, 1.807) is 18.2 Å². The lowest BCUT2D eigenvalue weighted by molar-refractivity contribution is -0.113.